The maximum absolute atomic E-state index is 13.4. The van der Waals surface area contributed by atoms with Crippen molar-refractivity contribution in [1.29, 1.82) is 0 Å². The number of carbonyl (C=O) groups is 1. The predicted molar refractivity (Wildman–Crippen MR) is 141 cm³/mol. The molecule has 6 nitrogen and oxygen atoms in total. The van der Waals surface area contributed by atoms with Gasteiger partial charge in [-0.05, 0) is 100 Å². The summed E-state index contributed by atoms with van der Waals surface area (Å²) in [5, 5.41) is 9.69. The summed E-state index contributed by atoms with van der Waals surface area (Å²) in [6.07, 6.45) is 13.8. The summed E-state index contributed by atoms with van der Waals surface area (Å²) in [6, 6.07) is 9.12. The molecule has 1 aromatic heterocycles. The Balaban J connectivity index is 1.29. The standard InChI is InChI=1S/C30H41N3O3/c1-18-12-21(20-10-11-20)13-19(2)15-24(14-18)32-22-6-5-7-23(32)17-25(16-22)33-27-9-4-3-8-26(27)31-28(29(33)34)30(35)36/h3-4,8-9,18-25H,5-7,10-17H2,1-2H3,(H,35,36)/t18-,19-,21?,22-,23+,24?,25?/m0/s1. The highest BCUT2D eigenvalue weighted by molar-refractivity contribution is 5.88. The van der Waals surface area contributed by atoms with Crippen LogP contribution in [0.25, 0.3) is 11.0 Å². The van der Waals surface area contributed by atoms with Crippen LogP contribution < -0.4 is 5.56 Å². The second-order valence-electron chi connectivity index (χ2n) is 12.6. The van der Waals surface area contributed by atoms with E-state index in [1.165, 1.54) is 57.8 Å². The highest BCUT2D eigenvalue weighted by Crippen LogP contribution is 2.48. The Labute approximate surface area is 214 Å². The van der Waals surface area contributed by atoms with Crippen LogP contribution in [0.5, 0.6) is 0 Å². The molecule has 2 aromatic rings. The number of rotatable bonds is 4. The van der Waals surface area contributed by atoms with Gasteiger partial charge in [0.05, 0.1) is 11.0 Å². The van der Waals surface area contributed by atoms with Crippen molar-refractivity contribution in [3.63, 3.8) is 0 Å². The minimum absolute atomic E-state index is 0.0256. The first kappa shape index (κ1) is 24.1. The number of aromatic carboxylic acids is 1. The fourth-order valence-electron chi connectivity index (χ4n) is 8.40. The molecule has 3 heterocycles. The van der Waals surface area contributed by atoms with E-state index in [4.69, 9.17) is 0 Å². The molecule has 5 atom stereocenters. The van der Waals surface area contributed by atoms with Crippen molar-refractivity contribution in [3.8, 4) is 0 Å². The lowest BCUT2D eigenvalue weighted by atomic mass is 9.74. The van der Waals surface area contributed by atoms with E-state index < -0.39 is 11.5 Å². The topological polar surface area (TPSA) is 75.4 Å². The van der Waals surface area contributed by atoms with Crippen LogP contribution in [0, 0.1) is 23.7 Å². The van der Waals surface area contributed by atoms with E-state index in [1.807, 2.05) is 24.3 Å². The Kier molecular flexibility index (Phi) is 6.43. The number of carboxylic acid groups (broad SMARTS) is 1. The van der Waals surface area contributed by atoms with Gasteiger partial charge in [-0.25, -0.2) is 9.78 Å². The van der Waals surface area contributed by atoms with Gasteiger partial charge in [0.1, 0.15) is 0 Å². The molecule has 2 bridgehead atoms. The van der Waals surface area contributed by atoms with E-state index >= 15 is 0 Å². The van der Waals surface area contributed by atoms with Crippen molar-refractivity contribution >= 4 is 17.0 Å². The van der Waals surface area contributed by atoms with Crippen molar-refractivity contribution in [2.45, 2.75) is 109 Å². The van der Waals surface area contributed by atoms with E-state index in [-0.39, 0.29) is 11.7 Å². The Bertz CT molecular complexity index is 1160. The molecule has 0 spiro atoms. The summed E-state index contributed by atoms with van der Waals surface area (Å²) in [4.78, 5) is 32.3. The van der Waals surface area contributed by atoms with E-state index in [0.29, 0.717) is 23.6 Å². The molecule has 1 unspecified atom stereocenters. The van der Waals surface area contributed by atoms with Crippen molar-refractivity contribution in [2.75, 3.05) is 0 Å². The van der Waals surface area contributed by atoms with Crippen LogP contribution in [0.3, 0.4) is 0 Å². The fraction of sp³-hybridized carbons (Fsp3) is 0.700. The minimum Gasteiger partial charge on any atom is -0.476 e. The van der Waals surface area contributed by atoms with Gasteiger partial charge in [0, 0.05) is 24.2 Å². The highest BCUT2D eigenvalue weighted by Gasteiger charge is 2.44. The van der Waals surface area contributed by atoms with Crippen LogP contribution >= 0.6 is 0 Å². The lowest BCUT2D eigenvalue weighted by molar-refractivity contribution is -0.0355. The summed E-state index contributed by atoms with van der Waals surface area (Å²) in [7, 11) is 0. The Morgan fingerprint density at radius 1 is 0.833 bits per heavy atom. The van der Waals surface area contributed by atoms with Gasteiger partial charge < -0.3 is 9.67 Å². The van der Waals surface area contributed by atoms with Crippen LogP contribution in [-0.2, 0) is 0 Å². The molecule has 0 radical (unpaired) electrons. The number of hydrogen-bond donors (Lipinski definition) is 1. The lowest BCUT2D eigenvalue weighted by Crippen LogP contribution is -2.58. The monoisotopic (exact) mass is 491 g/mol. The van der Waals surface area contributed by atoms with Gasteiger partial charge in [-0.15, -0.1) is 0 Å². The maximum Gasteiger partial charge on any atom is 0.360 e. The van der Waals surface area contributed by atoms with Gasteiger partial charge in [-0.3, -0.25) is 9.69 Å². The minimum atomic E-state index is -1.24. The van der Waals surface area contributed by atoms with Crippen LogP contribution in [0.2, 0.25) is 0 Å². The van der Waals surface area contributed by atoms with Crippen LogP contribution in [0.15, 0.2) is 29.1 Å². The van der Waals surface area contributed by atoms with Gasteiger partial charge in [-0.1, -0.05) is 32.4 Å². The number of para-hydroxylation sites is 2. The summed E-state index contributed by atoms with van der Waals surface area (Å²) in [6.45, 7) is 4.97. The van der Waals surface area contributed by atoms with Gasteiger partial charge in [0.25, 0.3) is 5.56 Å². The van der Waals surface area contributed by atoms with Crippen molar-refractivity contribution in [1.82, 2.24) is 14.5 Å². The molecule has 194 valence electrons. The van der Waals surface area contributed by atoms with Crippen LogP contribution in [-0.4, -0.2) is 43.7 Å². The average Bonchev–Trinajstić information content (AvgIpc) is 3.66. The maximum atomic E-state index is 13.4. The molecule has 4 aliphatic rings. The molecular formula is C30H41N3O3. The first-order valence-electron chi connectivity index (χ1n) is 14.4. The number of benzene rings is 1. The Morgan fingerprint density at radius 3 is 2.08 bits per heavy atom. The molecule has 36 heavy (non-hydrogen) atoms. The second-order valence-corrected chi connectivity index (χ2v) is 12.6. The molecule has 1 N–H and O–H groups in total. The van der Waals surface area contributed by atoms with Crippen molar-refractivity contribution in [2.24, 2.45) is 23.7 Å². The third kappa shape index (κ3) is 4.51. The van der Waals surface area contributed by atoms with E-state index in [2.05, 4.69) is 23.7 Å². The normalized spacial score (nSPS) is 35.8. The first-order valence-corrected chi connectivity index (χ1v) is 14.4. The third-order valence-electron chi connectivity index (χ3n) is 9.84. The molecule has 6 heteroatoms. The molecule has 4 fully saturated rings. The molecule has 1 aromatic carbocycles. The highest BCUT2D eigenvalue weighted by atomic mass is 16.4. The molecule has 6 rings (SSSR count). The quantitative estimate of drug-likeness (QED) is 0.577. The smallest absolute Gasteiger partial charge is 0.360 e. The summed E-state index contributed by atoms with van der Waals surface area (Å²) >= 11 is 0. The summed E-state index contributed by atoms with van der Waals surface area (Å²) < 4.78 is 1.79. The van der Waals surface area contributed by atoms with Gasteiger partial charge in [-0.2, -0.15) is 0 Å². The molecule has 0 amide bonds. The first-order chi connectivity index (χ1) is 17.4. The zero-order valence-electron chi connectivity index (χ0n) is 21.8. The Morgan fingerprint density at radius 2 is 1.47 bits per heavy atom. The van der Waals surface area contributed by atoms with E-state index in [1.54, 1.807) is 4.57 Å². The van der Waals surface area contributed by atoms with Crippen LogP contribution in [0.4, 0.5) is 0 Å². The number of aromatic nitrogens is 2. The predicted octanol–water partition coefficient (Wildman–Crippen LogP) is 5.89. The van der Waals surface area contributed by atoms with Gasteiger partial charge in [0.2, 0.25) is 5.69 Å². The number of hydrogen-bond acceptors (Lipinski definition) is 4. The average molecular weight is 492 g/mol. The van der Waals surface area contributed by atoms with Gasteiger partial charge in [0.15, 0.2) is 0 Å². The molecule has 2 saturated carbocycles. The van der Waals surface area contributed by atoms with Crippen LogP contribution in [0.1, 0.15) is 101 Å². The molecular weight excluding hydrogens is 450 g/mol. The molecule has 2 aliphatic carbocycles. The van der Waals surface area contributed by atoms with E-state index in [0.717, 1.165) is 42.0 Å². The molecule has 2 saturated heterocycles. The number of nitrogens with zero attached hydrogens (tertiary/aromatic N) is 3. The molecule has 2 aliphatic heterocycles. The number of carboxylic acids is 1. The van der Waals surface area contributed by atoms with Crippen molar-refractivity contribution in [3.05, 3.63) is 40.3 Å². The second kappa shape index (κ2) is 9.59. The number of piperidine rings is 2. The zero-order chi connectivity index (χ0) is 25.0. The zero-order valence-corrected chi connectivity index (χ0v) is 21.8. The van der Waals surface area contributed by atoms with Gasteiger partial charge >= 0.3 is 5.97 Å². The fourth-order valence-corrected chi connectivity index (χ4v) is 8.40. The summed E-state index contributed by atoms with van der Waals surface area (Å²) in [5.41, 5.74) is 0.560. The summed E-state index contributed by atoms with van der Waals surface area (Å²) in [5.74, 6) is 2.26. The lowest BCUT2D eigenvalue weighted by Gasteiger charge is -2.54. The Hall–Kier alpha value is -2.21. The third-order valence-corrected chi connectivity index (χ3v) is 9.84. The largest absolute Gasteiger partial charge is 0.476 e. The van der Waals surface area contributed by atoms with Crippen molar-refractivity contribution < 1.29 is 9.90 Å². The SMILES string of the molecule is C[C@H]1CC(C2CC2)C[C@H](C)CC(N2[C@@H]3CCC[C@H]2CC(n2c(=O)c(C(=O)O)nc4ccccc42)C3)C1. The number of fused-ring (bicyclic) bond motifs is 3. The van der Waals surface area contributed by atoms with E-state index in [9.17, 15) is 14.7 Å².